The number of thiophene rings is 1. The van der Waals surface area contributed by atoms with Crippen molar-refractivity contribution in [3.05, 3.63) is 46.3 Å². The Bertz CT molecular complexity index is 669. The lowest BCUT2D eigenvalue weighted by atomic mass is 10.2. The summed E-state index contributed by atoms with van der Waals surface area (Å²) in [5.41, 5.74) is 0.493. The summed E-state index contributed by atoms with van der Waals surface area (Å²) in [5, 5.41) is 12.2. The number of aliphatic hydroxyl groups is 1. The minimum Gasteiger partial charge on any atom is -0.480 e. The number of amides is 1. The highest BCUT2D eigenvalue weighted by atomic mass is 32.1. The fourth-order valence-electron chi connectivity index (χ4n) is 2.84. The fourth-order valence-corrected chi connectivity index (χ4v) is 3.54. The van der Waals surface area contributed by atoms with Crippen molar-refractivity contribution in [2.45, 2.75) is 6.10 Å². The molecule has 1 N–H and O–H groups in total. The van der Waals surface area contributed by atoms with Gasteiger partial charge in [-0.25, -0.2) is 4.98 Å². The first-order valence-corrected chi connectivity index (χ1v) is 8.79. The van der Waals surface area contributed by atoms with Crippen molar-refractivity contribution in [3.8, 4) is 5.88 Å². The standard InChI is InChI=1S/C17H21N3O3S/c1-23-16-13(4-2-6-18-16)17(22)20-9-7-19(8-10-20)12-14(21)15-5-3-11-24-15/h2-6,11,14,21H,7-10,12H2,1H3. The molecule has 24 heavy (non-hydrogen) atoms. The predicted octanol–water partition coefficient (Wildman–Crippen LogP) is 1.64. The van der Waals surface area contributed by atoms with Crippen LogP contribution in [0, 0.1) is 0 Å². The van der Waals surface area contributed by atoms with E-state index in [-0.39, 0.29) is 5.91 Å². The van der Waals surface area contributed by atoms with Crippen LogP contribution >= 0.6 is 11.3 Å². The van der Waals surface area contributed by atoms with Gasteiger partial charge in [-0.05, 0) is 23.6 Å². The third-order valence-electron chi connectivity index (χ3n) is 4.16. The number of aliphatic hydroxyl groups excluding tert-OH is 1. The lowest BCUT2D eigenvalue weighted by Crippen LogP contribution is -2.49. The molecule has 2 aromatic rings. The van der Waals surface area contributed by atoms with Gasteiger partial charge in [-0.2, -0.15) is 0 Å². The van der Waals surface area contributed by atoms with Gasteiger partial charge in [0.1, 0.15) is 11.7 Å². The monoisotopic (exact) mass is 347 g/mol. The van der Waals surface area contributed by atoms with Crippen LogP contribution in [0.25, 0.3) is 0 Å². The van der Waals surface area contributed by atoms with E-state index in [1.54, 1.807) is 29.7 Å². The number of methoxy groups -OCH3 is 1. The van der Waals surface area contributed by atoms with Gasteiger partial charge in [0.15, 0.2) is 0 Å². The van der Waals surface area contributed by atoms with Crippen molar-refractivity contribution in [1.82, 2.24) is 14.8 Å². The van der Waals surface area contributed by atoms with Crippen LogP contribution in [0.2, 0.25) is 0 Å². The topological polar surface area (TPSA) is 65.9 Å². The second-order valence-corrected chi connectivity index (χ2v) is 6.66. The van der Waals surface area contributed by atoms with Gasteiger partial charge in [0.25, 0.3) is 5.91 Å². The zero-order valence-corrected chi connectivity index (χ0v) is 14.4. The van der Waals surface area contributed by atoms with Crippen molar-refractivity contribution in [1.29, 1.82) is 0 Å². The normalized spacial score (nSPS) is 16.8. The first-order valence-electron chi connectivity index (χ1n) is 7.91. The molecule has 1 aliphatic rings. The first-order chi connectivity index (χ1) is 11.7. The number of hydrogen-bond donors (Lipinski definition) is 1. The van der Waals surface area contributed by atoms with Gasteiger partial charge in [-0.1, -0.05) is 6.07 Å². The number of hydrogen-bond acceptors (Lipinski definition) is 6. The minimum atomic E-state index is -0.467. The van der Waals surface area contributed by atoms with Crippen LogP contribution in [-0.4, -0.2) is 65.6 Å². The Morgan fingerprint density at radius 3 is 2.79 bits per heavy atom. The first kappa shape index (κ1) is 16.9. The van der Waals surface area contributed by atoms with Crippen LogP contribution in [0.5, 0.6) is 5.88 Å². The lowest BCUT2D eigenvalue weighted by molar-refractivity contribution is 0.0530. The zero-order chi connectivity index (χ0) is 16.9. The van der Waals surface area contributed by atoms with Gasteiger partial charge in [-0.15, -0.1) is 11.3 Å². The average molecular weight is 347 g/mol. The second kappa shape index (κ2) is 7.74. The van der Waals surface area contributed by atoms with E-state index in [2.05, 4.69) is 9.88 Å². The molecule has 1 unspecified atom stereocenters. The third-order valence-corrected chi connectivity index (χ3v) is 5.13. The number of piperazine rings is 1. The molecular weight excluding hydrogens is 326 g/mol. The summed E-state index contributed by atoms with van der Waals surface area (Å²) in [6.45, 7) is 3.36. The number of carbonyl (C=O) groups excluding carboxylic acids is 1. The molecule has 1 atom stereocenters. The lowest BCUT2D eigenvalue weighted by Gasteiger charge is -2.35. The quantitative estimate of drug-likeness (QED) is 0.891. The van der Waals surface area contributed by atoms with Crippen molar-refractivity contribution in [2.24, 2.45) is 0 Å². The summed E-state index contributed by atoms with van der Waals surface area (Å²) in [6, 6.07) is 7.37. The maximum absolute atomic E-state index is 12.6. The molecule has 6 nitrogen and oxygen atoms in total. The van der Waals surface area contributed by atoms with Crippen molar-refractivity contribution >= 4 is 17.2 Å². The van der Waals surface area contributed by atoms with Crippen LogP contribution in [-0.2, 0) is 0 Å². The number of rotatable bonds is 5. The smallest absolute Gasteiger partial charge is 0.259 e. The summed E-state index contributed by atoms with van der Waals surface area (Å²) in [4.78, 5) is 21.7. The summed E-state index contributed by atoms with van der Waals surface area (Å²) in [7, 11) is 1.52. The third kappa shape index (κ3) is 3.75. The Morgan fingerprint density at radius 1 is 1.33 bits per heavy atom. The predicted molar refractivity (Wildman–Crippen MR) is 92.4 cm³/mol. The molecule has 2 aromatic heterocycles. The highest BCUT2D eigenvalue weighted by Crippen LogP contribution is 2.21. The number of nitrogens with zero attached hydrogens (tertiary/aromatic N) is 3. The maximum atomic E-state index is 12.6. The van der Waals surface area contributed by atoms with Crippen LogP contribution in [0.1, 0.15) is 21.3 Å². The summed E-state index contributed by atoms with van der Waals surface area (Å²) in [5.74, 6) is 0.302. The molecule has 0 bridgehead atoms. The number of pyridine rings is 1. The maximum Gasteiger partial charge on any atom is 0.259 e. The Morgan fingerprint density at radius 2 is 2.12 bits per heavy atom. The van der Waals surface area contributed by atoms with E-state index < -0.39 is 6.10 Å². The van der Waals surface area contributed by atoms with Gasteiger partial charge in [-0.3, -0.25) is 9.69 Å². The van der Waals surface area contributed by atoms with E-state index >= 15 is 0 Å². The molecule has 1 amide bonds. The van der Waals surface area contributed by atoms with Crippen molar-refractivity contribution < 1.29 is 14.6 Å². The van der Waals surface area contributed by atoms with E-state index in [1.807, 2.05) is 22.4 Å². The minimum absolute atomic E-state index is 0.0570. The zero-order valence-electron chi connectivity index (χ0n) is 13.6. The number of ether oxygens (including phenoxy) is 1. The van der Waals surface area contributed by atoms with E-state index in [0.29, 0.717) is 31.1 Å². The molecule has 0 spiro atoms. The molecule has 1 aliphatic heterocycles. The number of aromatic nitrogens is 1. The molecule has 1 fully saturated rings. The largest absolute Gasteiger partial charge is 0.480 e. The van der Waals surface area contributed by atoms with Gasteiger partial charge in [0.05, 0.1) is 7.11 Å². The SMILES string of the molecule is COc1ncccc1C(=O)N1CCN(CC(O)c2cccs2)CC1. The molecule has 3 heterocycles. The molecule has 128 valence electrons. The van der Waals surface area contributed by atoms with Crippen LogP contribution in [0.4, 0.5) is 0 Å². The van der Waals surface area contributed by atoms with Crippen molar-refractivity contribution in [3.63, 3.8) is 0 Å². The van der Waals surface area contributed by atoms with Gasteiger partial charge in [0, 0.05) is 43.8 Å². The van der Waals surface area contributed by atoms with Crippen LogP contribution in [0.3, 0.4) is 0 Å². The van der Waals surface area contributed by atoms with Crippen molar-refractivity contribution in [2.75, 3.05) is 39.8 Å². The van der Waals surface area contributed by atoms with E-state index in [4.69, 9.17) is 4.74 Å². The Kier molecular flexibility index (Phi) is 5.44. The molecule has 1 saturated heterocycles. The van der Waals surface area contributed by atoms with Gasteiger partial charge in [0.2, 0.25) is 5.88 Å². The molecule has 0 saturated carbocycles. The molecule has 0 aliphatic carbocycles. The Balaban J connectivity index is 1.56. The van der Waals surface area contributed by atoms with E-state index in [1.165, 1.54) is 7.11 Å². The fraction of sp³-hybridized carbons (Fsp3) is 0.412. The average Bonchev–Trinajstić information content (AvgIpc) is 3.16. The second-order valence-electron chi connectivity index (χ2n) is 5.68. The molecule has 3 rings (SSSR count). The van der Waals surface area contributed by atoms with Crippen LogP contribution < -0.4 is 4.74 Å². The molecule has 7 heteroatoms. The number of β-amino-alcohol motifs (C(OH)–C–C–N with tert-alkyl or cyclic N) is 1. The van der Waals surface area contributed by atoms with Crippen LogP contribution in [0.15, 0.2) is 35.8 Å². The summed E-state index contributed by atoms with van der Waals surface area (Å²) in [6.07, 6.45) is 1.14. The molecule has 0 aromatic carbocycles. The Labute approximate surface area is 145 Å². The Hall–Kier alpha value is -1.96. The van der Waals surface area contributed by atoms with E-state index in [9.17, 15) is 9.90 Å². The highest BCUT2D eigenvalue weighted by Gasteiger charge is 2.25. The molecular formula is C17H21N3O3S. The summed E-state index contributed by atoms with van der Waals surface area (Å²) < 4.78 is 5.17. The highest BCUT2D eigenvalue weighted by molar-refractivity contribution is 7.10. The molecule has 0 radical (unpaired) electrons. The summed E-state index contributed by atoms with van der Waals surface area (Å²) >= 11 is 1.56. The van der Waals surface area contributed by atoms with Gasteiger partial charge < -0.3 is 14.7 Å². The van der Waals surface area contributed by atoms with Gasteiger partial charge >= 0.3 is 0 Å². The number of carbonyl (C=O) groups is 1. The van der Waals surface area contributed by atoms with E-state index in [0.717, 1.165) is 18.0 Å².